The molecular formula is C51H27F12N7. The second-order valence-electron chi connectivity index (χ2n) is 15.9. The molecule has 0 unspecified atom stereocenters. The van der Waals surface area contributed by atoms with Crippen molar-refractivity contribution in [2.24, 2.45) is 0 Å². The lowest BCUT2D eigenvalue weighted by atomic mass is 10.0. The van der Waals surface area contributed by atoms with E-state index < -0.39 is 58.1 Å². The second-order valence-corrected chi connectivity index (χ2v) is 15.9. The number of fused-ring (bicyclic) bond motifs is 2. The number of alkyl halides is 12. The summed E-state index contributed by atoms with van der Waals surface area (Å²) in [6.45, 7) is 0. The highest BCUT2D eigenvalue weighted by Gasteiger charge is 2.39. The summed E-state index contributed by atoms with van der Waals surface area (Å²) in [5, 5.41) is 0. The molecule has 0 N–H and O–H groups in total. The Balaban J connectivity index is 1.14. The molecule has 0 radical (unpaired) electrons. The molecule has 0 fully saturated rings. The number of aromatic nitrogens is 7. The zero-order valence-corrected chi connectivity index (χ0v) is 35.3. The van der Waals surface area contributed by atoms with Gasteiger partial charge < -0.3 is 0 Å². The van der Waals surface area contributed by atoms with E-state index in [2.05, 4.69) is 9.97 Å². The number of hydrogen-bond acceptors (Lipinski definition) is 5. The van der Waals surface area contributed by atoms with Gasteiger partial charge >= 0.3 is 24.7 Å². The highest BCUT2D eigenvalue weighted by Crippen LogP contribution is 2.42. The first-order valence-corrected chi connectivity index (χ1v) is 20.8. The fraction of sp³-hybridized carbons (Fsp3) is 0.0784. The maximum absolute atomic E-state index is 14.1. The third kappa shape index (κ3) is 8.69. The highest BCUT2D eigenvalue weighted by atomic mass is 19.4. The molecule has 7 aromatic carbocycles. The van der Waals surface area contributed by atoms with Crippen molar-refractivity contribution < 1.29 is 52.7 Å². The Hall–Kier alpha value is -8.35. The minimum Gasteiger partial charge on any atom is -0.292 e. The molecule has 350 valence electrons. The quantitative estimate of drug-likeness (QED) is 0.149. The molecule has 0 aliphatic carbocycles. The predicted molar refractivity (Wildman–Crippen MR) is 236 cm³/mol. The van der Waals surface area contributed by atoms with E-state index in [-0.39, 0.29) is 63.7 Å². The van der Waals surface area contributed by atoms with Crippen LogP contribution in [-0.2, 0) is 24.7 Å². The molecule has 7 nitrogen and oxygen atoms in total. The molecule has 0 aliphatic heterocycles. The molecule has 0 amide bonds. The molecule has 10 aromatic rings. The van der Waals surface area contributed by atoms with Crippen molar-refractivity contribution in [2.75, 3.05) is 0 Å². The maximum atomic E-state index is 14.1. The molecule has 0 saturated heterocycles. The van der Waals surface area contributed by atoms with Crippen LogP contribution in [0, 0.1) is 0 Å². The lowest BCUT2D eigenvalue weighted by Gasteiger charge is -2.16. The van der Waals surface area contributed by atoms with Gasteiger partial charge in [0.05, 0.1) is 44.3 Å². The summed E-state index contributed by atoms with van der Waals surface area (Å²) < 4.78 is 172. The highest BCUT2D eigenvalue weighted by molar-refractivity contribution is 5.85. The molecule has 0 atom stereocenters. The average Bonchev–Trinajstić information content (AvgIpc) is 3.93. The fourth-order valence-corrected chi connectivity index (χ4v) is 8.05. The number of hydrogen-bond donors (Lipinski definition) is 0. The summed E-state index contributed by atoms with van der Waals surface area (Å²) in [6.07, 6.45) is -20.5. The van der Waals surface area contributed by atoms with E-state index in [9.17, 15) is 52.7 Å². The van der Waals surface area contributed by atoms with Gasteiger partial charge in [0.1, 0.15) is 11.6 Å². The number of nitrogens with zero attached hydrogens (tertiary/aromatic N) is 7. The molecule has 3 heterocycles. The van der Waals surface area contributed by atoms with E-state index >= 15 is 0 Å². The van der Waals surface area contributed by atoms with E-state index in [4.69, 9.17) is 15.0 Å². The van der Waals surface area contributed by atoms with Crippen LogP contribution in [0.15, 0.2) is 164 Å². The third-order valence-corrected chi connectivity index (χ3v) is 11.2. The topological polar surface area (TPSA) is 74.3 Å². The summed E-state index contributed by atoms with van der Waals surface area (Å²) >= 11 is 0. The van der Waals surface area contributed by atoms with Crippen molar-refractivity contribution in [3.05, 3.63) is 186 Å². The van der Waals surface area contributed by atoms with Gasteiger partial charge in [-0.1, -0.05) is 78.9 Å². The number of benzene rings is 7. The SMILES string of the molecule is FC(F)(F)c1cc(-c2nc3ccccc3n2-c2cccc(-c3nc(-c4ccccc4)nc(-c4cccc(-n5c(-c6cc(C(F)(F)F)cc(C(F)(F)F)c6)nc6ccccc65)c4)n3)c2)cc(C(F)(F)F)c1. The van der Waals surface area contributed by atoms with Gasteiger partial charge in [-0.05, 0) is 84.9 Å². The van der Waals surface area contributed by atoms with Gasteiger partial charge in [-0.15, -0.1) is 0 Å². The minimum absolute atomic E-state index is 0.0372. The van der Waals surface area contributed by atoms with Crippen LogP contribution in [0.25, 0.3) is 90.4 Å². The lowest BCUT2D eigenvalue weighted by Crippen LogP contribution is -2.11. The predicted octanol–water partition coefficient (Wildman–Crippen LogP) is 15.0. The molecule has 10 rings (SSSR count). The van der Waals surface area contributed by atoms with Crippen LogP contribution in [0.5, 0.6) is 0 Å². The van der Waals surface area contributed by atoms with Crippen molar-refractivity contribution in [1.82, 2.24) is 34.1 Å². The number of rotatable bonds is 7. The molecule has 3 aromatic heterocycles. The molecule has 0 aliphatic rings. The van der Waals surface area contributed by atoms with Crippen LogP contribution in [-0.4, -0.2) is 34.1 Å². The molecule has 19 heteroatoms. The fourth-order valence-electron chi connectivity index (χ4n) is 8.05. The summed E-state index contributed by atoms with van der Waals surface area (Å²) in [7, 11) is 0. The first-order valence-electron chi connectivity index (χ1n) is 20.8. The zero-order valence-electron chi connectivity index (χ0n) is 35.3. The first-order chi connectivity index (χ1) is 33.2. The van der Waals surface area contributed by atoms with Crippen LogP contribution >= 0.6 is 0 Å². The van der Waals surface area contributed by atoms with Gasteiger partial charge in [-0.2, -0.15) is 52.7 Å². The Bertz CT molecular complexity index is 3350. The minimum atomic E-state index is -5.13. The van der Waals surface area contributed by atoms with E-state index in [0.29, 0.717) is 52.0 Å². The average molecular weight is 966 g/mol. The van der Waals surface area contributed by atoms with Crippen molar-refractivity contribution in [3.8, 4) is 68.3 Å². The second kappa shape index (κ2) is 16.7. The van der Waals surface area contributed by atoms with Gasteiger partial charge in [0.2, 0.25) is 0 Å². The van der Waals surface area contributed by atoms with Crippen LogP contribution in [0.3, 0.4) is 0 Å². The van der Waals surface area contributed by atoms with Gasteiger partial charge in [-0.3, -0.25) is 9.13 Å². The van der Waals surface area contributed by atoms with E-state index in [1.165, 1.54) is 9.13 Å². The normalized spacial score (nSPS) is 12.6. The van der Waals surface area contributed by atoms with Gasteiger partial charge in [-0.25, -0.2) is 24.9 Å². The summed E-state index contributed by atoms with van der Waals surface area (Å²) in [6, 6.07) is 36.8. The lowest BCUT2D eigenvalue weighted by molar-refractivity contribution is -0.144. The van der Waals surface area contributed by atoms with E-state index in [1.807, 2.05) is 0 Å². The van der Waals surface area contributed by atoms with E-state index in [0.717, 1.165) is 0 Å². The number of halogens is 12. The Morgan fingerprint density at radius 3 is 0.986 bits per heavy atom. The van der Waals surface area contributed by atoms with Gasteiger partial charge in [0, 0.05) is 39.2 Å². The number of imidazole rings is 2. The Kier molecular flexibility index (Phi) is 10.8. The van der Waals surface area contributed by atoms with Crippen molar-refractivity contribution >= 4 is 22.1 Å². The monoisotopic (exact) mass is 965 g/mol. The summed E-state index contributed by atoms with van der Waals surface area (Å²) in [4.78, 5) is 23.4. The number of para-hydroxylation sites is 4. The molecule has 0 bridgehead atoms. The molecule has 0 spiro atoms. The maximum Gasteiger partial charge on any atom is 0.416 e. The Morgan fingerprint density at radius 1 is 0.286 bits per heavy atom. The van der Waals surface area contributed by atoms with Gasteiger partial charge in [0.15, 0.2) is 17.5 Å². The van der Waals surface area contributed by atoms with Crippen molar-refractivity contribution in [3.63, 3.8) is 0 Å². The van der Waals surface area contributed by atoms with Crippen LogP contribution in [0.2, 0.25) is 0 Å². The zero-order chi connectivity index (χ0) is 49.3. The van der Waals surface area contributed by atoms with Crippen LogP contribution in [0.4, 0.5) is 52.7 Å². The van der Waals surface area contributed by atoms with Crippen LogP contribution < -0.4 is 0 Å². The molecule has 70 heavy (non-hydrogen) atoms. The van der Waals surface area contributed by atoms with Crippen LogP contribution in [0.1, 0.15) is 22.3 Å². The van der Waals surface area contributed by atoms with Crippen molar-refractivity contribution in [2.45, 2.75) is 24.7 Å². The molecule has 0 saturated carbocycles. The first kappa shape index (κ1) is 45.4. The van der Waals surface area contributed by atoms with Gasteiger partial charge in [0.25, 0.3) is 0 Å². The third-order valence-electron chi connectivity index (χ3n) is 11.2. The molecular weight excluding hydrogens is 939 g/mol. The Labute approximate surface area is 387 Å². The largest absolute Gasteiger partial charge is 0.416 e. The Morgan fingerprint density at radius 2 is 0.614 bits per heavy atom. The standard InChI is InChI=1S/C51H27F12N7/c52-48(53,54)33-20-31(21-34(26-33)49(55,56)57)46-64-39-16-4-6-18-41(39)69(46)37-14-8-12-29(24-37)44-66-43(28-10-2-1-3-11-28)67-45(68-44)30-13-9-15-38(25-30)70-42-19-7-5-17-40(42)65-47(70)32-22-35(50(58,59)60)27-36(23-32)51(61,62)63/h1-27H. The van der Waals surface area contributed by atoms with Crippen molar-refractivity contribution in [1.29, 1.82) is 0 Å². The summed E-state index contributed by atoms with van der Waals surface area (Å²) in [5.41, 5.74) is -4.05. The summed E-state index contributed by atoms with van der Waals surface area (Å²) in [5.74, 6) is -0.138. The van der Waals surface area contributed by atoms with E-state index in [1.54, 1.807) is 127 Å². The smallest absolute Gasteiger partial charge is 0.292 e.